The highest BCUT2D eigenvalue weighted by Gasteiger charge is 2.52. The van der Waals surface area contributed by atoms with Gasteiger partial charge < -0.3 is 19.2 Å². The number of carboxylic acid groups (broad SMARTS) is 1. The van der Waals surface area contributed by atoms with Crippen LogP contribution in [-0.4, -0.2) is 45.8 Å². The van der Waals surface area contributed by atoms with Gasteiger partial charge in [0.1, 0.15) is 0 Å². The summed E-state index contributed by atoms with van der Waals surface area (Å²) in [5.74, 6) is -0.971. The van der Waals surface area contributed by atoms with E-state index in [0.717, 1.165) is 77.0 Å². The largest absolute Gasteiger partial charge is 0.491 e. The van der Waals surface area contributed by atoms with Crippen molar-refractivity contribution in [3.63, 3.8) is 0 Å². The van der Waals surface area contributed by atoms with E-state index in [9.17, 15) is 4.79 Å². The molecule has 2 aliphatic heterocycles. The van der Waals surface area contributed by atoms with E-state index >= 15 is 0 Å². The highest BCUT2D eigenvalue weighted by Crippen LogP contribution is 2.42. The lowest BCUT2D eigenvalue weighted by Gasteiger charge is -2.32. The molecule has 1 unspecified atom stereocenters. The number of hydrogen-bond acceptors (Lipinski definition) is 5. The van der Waals surface area contributed by atoms with Crippen LogP contribution in [-0.2, 0) is 18.8 Å². The van der Waals surface area contributed by atoms with Crippen LogP contribution in [0.2, 0.25) is 0 Å². The van der Waals surface area contributed by atoms with Gasteiger partial charge in [-0.1, -0.05) is 37.3 Å². The number of aromatic nitrogens is 2. The minimum Gasteiger partial charge on any atom is -0.478 e. The minimum atomic E-state index is -0.971. The Kier molecular flexibility index (Phi) is 7.55. The monoisotopic (exact) mass is 528 g/mol. The molecule has 0 aliphatic carbocycles. The van der Waals surface area contributed by atoms with Gasteiger partial charge in [-0.3, -0.25) is 0 Å². The summed E-state index contributed by atoms with van der Waals surface area (Å²) in [7, 11) is -0.490. The topological polar surface area (TPSA) is 82.8 Å². The molecule has 0 spiro atoms. The number of rotatable bonds is 7. The Bertz CT molecular complexity index is 1400. The maximum absolute atomic E-state index is 11.0. The molecule has 204 valence electrons. The first kappa shape index (κ1) is 27.4. The molecule has 2 saturated heterocycles. The molecule has 2 fully saturated rings. The van der Waals surface area contributed by atoms with Gasteiger partial charge in [0.05, 0.1) is 22.9 Å². The van der Waals surface area contributed by atoms with Crippen molar-refractivity contribution >= 4 is 35.6 Å². The van der Waals surface area contributed by atoms with E-state index in [-0.39, 0.29) is 6.23 Å². The zero-order valence-corrected chi connectivity index (χ0v) is 23.4. The molecular weight excluding hydrogens is 491 g/mol. The molecule has 0 bridgehead atoms. The Morgan fingerprint density at radius 1 is 1.08 bits per heavy atom. The molecular formula is C31H37BN2O5. The van der Waals surface area contributed by atoms with Crippen LogP contribution in [0.25, 0.3) is 22.6 Å². The lowest BCUT2D eigenvalue weighted by atomic mass is 9.70. The Morgan fingerprint density at radius 2 is 1.77 bits per heavy atom. The van der Waals surface area contributed by atoms with Gasteiger partial charge in [0.25, 0.3) is 0 Å². The molecule has 0 amide bonds. The van der Waals surface area contributed by atoms with Gasteiger partial charge >= 0.3 is 13.1 Å². The number of ether oxygens (including phenoxy) is 1. The quantitative estimate of drug-likeness (QED) is 0.272. The highest BCUT2D eigenvalue weighted by atomic mass is 16.7. The number of nitrogens with zero attached hydrogens (tertiary/aromatic N) is 2. The molecule has 1 N–H and O–H groups in total. The van der Waals surface area contributed by atoms with Crippen molar-refractivity contribution in [3.05, 3.63) is 76.9 Å². The number of carboxylic acids is 1. The summed E-state index contributed by atoms with van der Waals surface area (Å²) >= 11 is 0. The summed E-state index contributed by atoms with van der Waals surface area (Å²) in [5.41, 5.74) is 5.12. The third kappa shape index (κ3) is 5.46. The molecule has 5 rings (SSSR count). The first-order valence-corrected chi connectivity index (χ1v) is 13.8. The number of hydrogen-bond donors (Lipinski definition) is 1. The molecule has 3 aromatic rings. The van der Waals surface area contributed by atoms with Crippen LogP contribution in [0.4, 0.5) is 0 Å². The summed E-state index contributed by atoms with van der Waals surface area (Å²) in [4.78, 5) is 11.0. The van der Waals surface area contributed by atoms with Crippen LogP contribution >= 0.6 is 0 Å². The van der Waals surface area contributed by atoms with E-state index in [0.29, 0.717) is 0 Å². The second-order valence-corrected chi connectivity index (χ2v) is 11.3. The van der Waals surface area contributed by atoms with Gasteiger partial charge in [-0.05, 0) is 99.3 Å². The molecule has 7 nitrogen and oxygen atoms in total. The van der Waals surface area contributed by atoms with E-state index < -0.39 is 24.3 Å². The van der Waals surface area contributed by atoms with Crippen LogP contribution in [0.1, 0.15) is 83.2 Å². The average molecular weight is 528 g/mol. The van der Waals surface area contributed by atoms with Crippen molar-refractivity contribution in [1.82, 2.24) is 9.78 Å². The summed E-state index contributed by atoms with van der Waals surface area (Å²) in [6.07, 6.45) is 8.57. The number of aliphatic carboxylic acids is 1. The van der Waals surface area contributed by atoms with Gasteiger partial charge in [0, 0.05) is 18.1 Å². The number of allylic oxidation sites excluding steroid dienone is 1. The van der Waals surface area contributed by atoms with Crippen LogP contribution in [0.5, 0.6) is 0 Å². The van der Waals surface area contributed by atoms with E-state index in [1.807, 2.05) is 35.1 Å². The van der Waals surface area contributed by atoms with Crippen LogP contribution in [0.15, 0.2) is 60.2 Å². The lowest BCUT2D eigenvalue weighted by molar-refractivity contribution is -0.131. The summed E-state index contributed by atoms with van der Waals surface area (Å²) in [6, 6.07) is 14.4. The normalized spacial score (nSPS) is 21.5. The number of carbonyl (C=O) groups is 1. The highest BCUT2D eigenvalue weighted by molar-refractivity contribution is 6.56. The van der Waals surface area contributed by atoms with Gasteiger partial charge in [-0.15, -0.1) is 0 Å². The van der Waals surface area contributed by atoms with Gasteiger partial charge in [0.2, 0.25) is 0 Å². The number of benzene rings is 2. The van der Waals surface area contributed by atoms with E-state index in [1.165, 1.54) is 0 Å². The SMILES string of the molecule is CC/C(B1OC(C)(C)C(C)(C)O1)=C(/c1ccc(/C=C/C(=O)O)cc1)c1ccc2c(cnn2C2CCCCO2)c1. The predicted molar refractivity (Wildman–Crippen MR) is 154 cm³/mol. The molecule has 1 aromatic heterocycles. The Morgan fingerprint density at radius 3 is 2.38 bits per heavy atom. The van der Waals surface area contributed by atoms with Crippen molar-refractivity contribution in [2.24, 2.45) is 0 Å². The summed E-state index contributed by atoms with van der Waals surface area (Å²) in [5, 5.41) is 14.7. The second kappa shape index (κ2) is 10.8. The van der Waals surface area contributed by atoms with Crippen molar-refractivity contribution in [2.45, 2.75) is 77.7 Å². The Hall–Kier alpha value is -3.20. The van der Waals surface area contributed by atoms with Crippen molar-refractivity contribution in [2.75, 3.05) is 6.61 Å². The number of fused-ring (bicyclic) bond motifs is 1. The van der Waals surface area contributed by atoms with Crippen molar-refractivity contribution in [1.29, 1.82) is 0 Å². The van der Waals surface area contributed by atoms with Crippen molar-refractivity contribution < 1.29 is 23.9 Å². The fourth-order valence-corrected chi connectivity index (χ4v) is 5.27. The molecule has 0 radical (unpaired) electrons. The molecule has 2 aliphatic rings. The second-order valence-electron chi connectivity index (χ2n) is 11.3. The molecule has 39 heavy (non-hydrogen) atoms. The Labute approximate surface area is 230 Å². The smallest absolute Gasteiger partial charge is 0.478 e. The van der Waals surface area contributed by atoms with Gasteiger partial charge in [0.15, 0.2) is 6.23 Å². The van der Waals surface area contributed by atoms with Crippen molar-refractivity contribution in [3.8, 4) is 0 Å². The first-order chi connectivity index (χ1) is 18.6. The molecule has 8 heteroatoms. The molecule has 0 saturated carbocycles. The maximum atomic E-state index is 11.0. The first-order valence-electron chi connectivity index (χ1n) is 13.8. The third-order valence-electron chi connectivity index (χ3n) is 8.17. The van der Waals surface area contributed by atoms with Gasteiger partial charge in [-0.25, -0.2) is 9.48 Å². The maximum Gasteiger partial charge on any atom is 0.491 e. The van der Waals surface area contributed by atoms with Crippen LogP contribution in [0.3, 0.4) is 0 Å². The fraction of sp³-hybridized carbons (Fsp3) is 0.419. The fourth-order valence-electron chi connectivity index (χ4n) is 5.27. The minimum absolute atomic E-state index is 0.0283. The van der Waals surface area contributed by atoms with E-state index in [1.54, 1.807) is 6.08 Å². The average Bonchev–Trinajstić information content (AvgIpc) is 3.43. The third-order valence-corrected chi connectivity index (χ3v) is 8.17. The van der Waals surface area contributed by atoms with Crippen LogP contribution < -0.4 is 0 Å². The van der Waals surface area contributed by atoms with E-state index in [4.69, 9.17) is 19.2 Å². The van der Waals surface area contributed by atoms with Crippen LogP contribution in [0, 0.1) is 0 Å². The van der Waals surface area contributed by atoms with E-state index in [2.05, 4.69) is 57.9 Å². The lowest BCUT2D eigenvalue weighted by Crippen LogP contribution is -2.41. The molecule has 3 heterocycles. The zero-order valence-electron chi connectivity index (χ0n) is 23.4. The summed E-state index contributed by atoms with van der Waals surface area (Å²) in [6.45, 7) is 11.2. The predicted octanol–water partition coefficient (Wildman–Crippen LogP) is 6.68. The standard InChI is InChI=1S/C31H37BN2O5/c1-6-25(32-38-30(2,3)31(4,5)39-32)29(22-13-10-21(11-14-22)12-17-28(35)36)23-15-16-26-24(19-23)20-33-34(26)27-9-7-8-18-37-27/h10-17,19-20,27H,6-9,18H2,1-5H3,(H,35,36)/b17-12+,29-25+. The van der Waals surface area contributed by atoms with Gasteiger partial charge in [-0.2, -0.15) is 5.10 Å². The molecule has 1 atom stereocenters. The molecule has 2 aromatic carbocycles. The zero-order chi connectivity index (χ0) is 27.8. The Balaban J connectivity index is 1.61. The summed E-state index contributed by atoms with van der Waals surface area (Å²) < 4.78 is 21.0.